The van der Waals surface area contributed by atoms with Crippen LogP contribution in [0.25, 0.3) is 11.3 Å². The molecular weight excluding hydrogens is 648 g/mol. The minimum Gasteiger partial charge on any atom is -0.497 e. The summed E-state index contributed by atoms with van der Waals surface area (Å²) in [5, 5.41) is 20.4. The van der Waals surface area contributed by atoms with Gasteiger partial charge in [-0.25, -0.2) is 14.3 Å². The minimum atomic E-state index is -1.30. The quantitative estimate of drug-likeness (QED) is 0.136. The first-order chi connectivity index (χ1) is 24.2. The van der Waals surface area contributed by atoms with Crippen LogP contribution in [-0.2, 0) is 35.1 Å². The maximum atomic E-state index is 13.5. The van der Waals surface area contributed by atoms with Gasteiger partial charge in [-0.1, -0.05) is 53.7 Å². The Bertz CT molecular complexity index is 1750. The summed E-state index contributed by atoms with van der Waals surface area (Å²) < 4.78 is 31.5. The van der Waals surface area contributed by atoms with E-state index in [-0.39, 0.29) is 30.7 Å². The number of rotatable bonds is 15. The van der Waals surface area contributed by atoms with Crippen molar-refractivity contribution >= 4 is 23.8 Å². The number of carboxylic acids is 1. The normalized spacial score (nSPS) is 20.0. The van der Waals surface area contributed by atoms with Crippen LogP contribution >= 0.6 is 0 Å². The predicted octanol–water partition coefficient (Wildman–Crippen LogP) is 3.91. The lowest BCUT2D eigenvalue weighted by molar-refractivity contribution is -0.266. The first kappa shape index (κ1) is 35.7. The van der Waals surface area contributed by atoms with Crippen molar-refractivity contribution in [2.24, 2.45) is 0 Å². The van der Waals surface area contributed by atoms with Gasteiger partial charge in [0.1, 0.15) is 23.6 Å². The molecule has 5 unspecified atom stereocenters. The fourth-order valence-corrected chi connectivity index (χ4v) is 5.46. The molecule has 50 heavy (non-hydrogen) atoms. The van der Waals surface area contributed by atoms with Crippen molar-refractivity contribution < 1.29 is 48.0 Å². The number of hydrogen-bond donors (Lipinski definition) is 2. The van der Waals surface area contributed by atoms with E-state index in [2.05, 4.69) is 15.6 Å². The van der Waals surface area contributed by atoms with E-state index in [1.165, 1.54) is 11.6 Å². The molecule has 0 radical (unpaired) electrons. The summed E-state index contributed by atoms with van der Waals surface area (Å²) in [5.41, 5.74) is 1.76. The third kappa shape index (κ3) is 9.51. The van der Waals surface area contributed by atoms with Gasteiger partial charge in [0.2, 0.25) is 5.91 Å². The highest BCUT2D eigenvalue weighted by Crippen LogP contribution is 2.30. The van der Waals surface area contributed by atoms with Crippen LogP contribution in [0.5, 0.6) is 5.75 Å². The van der Waals surface area contributed by atoms with Crippen molar-refractivity contribution in [3.05, 3.63) is 102 Å². The maximum absolute atomic E-state index is 13.5. The summed E-state index contributed by atoms with van der Waals surface area (Å²) in [5.74, 6) is -2.23. The summed E-state index contributed by atoms with van der Waals surface area (Å²) in [7, 11) is 1.56. The molecule has 2 N–H and O–H groups in total. The van der Waals surface area contributed by atoms with Gasteiger partial charge in [-0.3, -0.25) is 9.59 Å². The molecule has 262 valence electrons. The van der Waals surface area contributed by atoms with Gasteiger partial charge in [-0.05, 0) is 49.2 Å². The van der Waals surface area contributed by atoms with Crippen LogP contribution in [0.3, 0.4) is 0 Å². The lowest BCUT2D eigenvalue weighted by Gasteiger charge is -2.45. The zero-order chi connectivity index (χ0) is 35.5. The average molecular weight is 687 g/mol. The molecule has 14 heteroatoms. The van der Waals surface area contributed by atoms with Crippen LogP contribution in [0.1, 0.15) is 46.9 Å². The monoisotopic (exact) mass is 686 g/mol. The molecule has 0 spiro atoms. The molecule has 0 aliphatic carbocycles. The van der Waals surface area contributed by atoms with Crippen molar-refractivity contribution in [1.82, 2.24) is 20.3 Å². The zero-order valence-corrected chi connectivity index (χ0v) is 27.5. The Morgan fingerprint density at radius 3 is 2.16 bits per heavy atom. The van der Waals surface area contributed by atoms with Crippen molar-refractivity contribution in [2.75, 3.05) is 13.7 Å². The topological polar surface area (TPSA) is 177 Å². The van der Waals surface area contributed by atoms with E-state index >= 15 is 0 Å². The van der Waals surface area contributed by atoms with Gasteiger partial charge in [0.05, 0.1) is 31.0 Å². The van der Waals surface area contributed by atoms with Gasteiger partial charge in [-0.15, -0.1) is 5.10 Å². The Labute approximate surface area is 288 Å². The Hall–Kier alpha value is -5.60. The fourth-order valence-electron chi connectivity index (χ4n) is 5.46. The third-order valence-corrected chi connectivity index (χ3v) is 7.86. The van der Waals surface area contributed by atoms with Gasteiger partial charge in [0.15, 0.2) is 18.5 Å². The Morgan fingerprint density at radius 1 is 0.880 bits per heavy atom. The molecule has 1 aliphatic heterocycles. The molecule has 14 nitrogen and oxygen atoms in total. The van der Waals surface area contributed by atoms with Crippen molar-refractivity contribution in [1.29, 1.82) is 0 Å². The van der Waals surface area contributed by atoms with Crippen LogP contribution < -0.4 is 10.1 Å². The number of carbonyl (C=O) groups excluding carboxylic acids is 3. The lowest BCUT2D eigenvalue weighted by atomic mass is 9.95. The number of esters is 2. The molecule has 1 fully saturated rings. The van der Waals surface area contributed by atoms with Gasteiger partial charge < -0.3 is 34.1 Å². The number of nitrogens with zero attached hydrogens (tertiary/aromatic N) is 3. The van der Waals surface area contributed by atoms with E-state index < -0.39 is 54.5 Å². The van der Waals surface area contributed by atoms with Crippen molar-refractivity contribution in [3.63, 3.8) is 0 Å². The van der Waals surface area contributed by atoms with Crippen LogP contribution in [-0.4, -0.2) is 88.3 Å². The number of carbonyl (C=O) groups is 4. The zero-order valence-electron chi connectivity index (χ0n) is 27.5. The number of nitrogens with one attached hydrogen (secondary N) is 1. The lowest BCUT2D eigenvalue weighted by Crippen LogP contribution is -2.66. The largest absolute Gasteiger partial charge is 0.497 e. The van der Waals surface area contributed by atoms with Gasteiger partial charge >= 0.3 is 17.9 Å². The van der Waals surface area contributed by atoms with Gasteiger partial charge in [0.25, 0.3) is 0 Å². The number of unbranched alkanes of at least 4 members (excludes halogenated alkanes) is 1. The number of aliphatic carboxylic acids is 1. The first-order valence-electron chi connectivity index (χ1n) is 16.0. The molecule has 1 aromatic heterocycles. The second kappa shape index (κ2) is 17.2. The number of benzene rings is 3. The van der Waals surface area contributed by atoms with Crippen LogP contribution in [0.2, 0.25) is 0 Å². The summed E-state index contributed by atoms with van der Waals surface area (Å²) in [6.45, 7) is 1.32. The second-order valence-electron chi connectivity index (χ2n) is 11.5. The number of methoxy groups -OCH3 is 1. The number of amides is 1. The molecule has 1 amide bonds. The molecule has 4 aromatic rings. The number of hydrogen-bond acceptors (Lipinski definition) is 11. The Balaban J connectivity index is 1.51. The molecule has 0 saturated carbocycles. The van der Waals surface area contributed by atoms with Gasteiger partial charge in [0, 0.05) is 25.5 Å². The maximum Gasteiger partial charge on any atom is 0.338 e. The van der Waals surface area contributed by atoms with Crippen LogP contribution in [0.4, 0.5) is 0 Å². The Morgan fingerprint density at radius 2 is 1.54 bits per heavy atom. The molecule has 2 heterocycles. The fraction of sp³-hybridized carbons (Fsp3) is 0.333. The van der Waals surface area contributed by atoms with E-state index in [4.69, 9.17) is 28.8 Å². The standard InChI is InChI=1S/C36H38N4O10/c1-23(41)37-31-33(50-35(45)25-14-7-4-8-15-25)32(49-34(44)24-12-5-3-6-13-24)29(48-36(31)47-19-10-9-18-30(42)43)22-40-21-28(38-39-40)26-16-11-17-27(20-26)46-2/h3-8,11-17,20-21,29,31-33,36H,9-10,18-19,22H2,1-2H3,(H,37,41)(H,42,43). The summed E-state index contributed by atoms with van der Waals surface area (Å²) in [4.78, 5) is 50.7. The van der Waals surface area contributed by atoms with E-state index in [0.29, 0.717) is 24.3 Å². The van der Waals surface area contributed by atoms with E-state index in [9.17, 15) is 19.2 Å². The second-order valence-corrected chi connectivity index (χ2v) is 11.5. The SMILES string of the molecule is COc1cccc(-c2cn(CC3OC(OCCCCC(=O)O)C(NC(C)=O)C(OC(=O)c4ccccc4)C3OC(=O)c3ccccc3)nn2)c1. The summed E-state index contributed by atoms with van der Waals surface area (Å²) in [6.07, 6.45) is -2.47. The van der Waals surface area contributed by atoms with Crippen LogP contribution in [0, 0.1) is 0 Å². The number of ether oxygens (including phenoxy) is 5. The first-order valence-corrected chi connectivity index (χ1v) is 16.0. The number of carboxylic acid groups (broad SMARTS) is 1. The molecule has 0 bridgehead atoms. The van der Waals surface area contributed by atoms with E-state index in [1.807, 2.05) is 12.1 Å². The van der Waals surface area contributed by atoms with Crippen LogP contribution in [0.15, 0.2) is 91.1 Å². The highest BCUT2D eigenvalue weighted by atomic mass is 16.7. The number of aromatic nitrogens is 3. The highest BCUT2D eigenvalue weighted by molar-refractivity contribution is 5.90. The Kier molecular flexibility index (Phi) is 12.3. The molecule has 1 saturated heterocycles. The summed E-state index contributed by atoms with van der Waals surface area (Å²) in [6, 6.07) is 22.7. The molecule has 3 aromatic carbocycles. The highest BCUT2D eigenvalue weighted by Gasteiger charge is 2.51. The smallest absolute Gasteiger partial charge is 0.338 e. The van der Waals surface area contributed by atoms with E-state index in [1.54, 1.807) is 86.1 Å². The van der Waals surface area contributed by atoms with Crippen molar-refractivity contribution in [3.8, 4) is 17.0 Å². The van der Waals surface area contributed by atoms with Crippen molar-refractivity contribution in [2.45, 2.75) is 63.4 Å². The molecular formula is C36H38N4O10. The predicted molar refractivity (Wildman–Crippen MR) is 177 cm³/mol. The van der Waals surface area contributed by atoms with E-state index in [0.717, 1.165) is 5.56 Å². The average Bonchev–Trinajstić information content (AvgIpc) is 3.59. The van der Waals surface area contributed by atoms with Gasteiger partial charge in [-0.2, -0.15) is 0 Å². The molecule has 5 atom stereocenters. The minimum absolute atomic E-state index is 0.0330. The molecule has 1 aliphatic rings. The molecule has 5 rings (SSSR count). The third-order valence-electron chi connectivity index (χ3n) is 7.86. The summed E-state index contributed by atoms with van der Waals surface area (Å²) >= 11 is 0.